The monoisotopic (exact) mass is 801 g/mol. The van der Waals surface area contributed by atoms with Crippen molar-refractivity contribution in [2.45, 2.75) is 66.5 Å². The molecule has 0 saturated carbocycles. The predicted octanol–water partition coefficient (Wildman–Crippen LogP) is 7.80. The zero-order chi connectivity index (χ0) is 40.3. The molecule has 0 aliphatic heterocycles. The number of nitrogens with zero attached hydrogens (tertiary/aromatic N) is 10. The van der Waals surface area contributed by atoms with Crippen molar-refractivity contribution < 1.29 is 47.1 Å². The van der Waals surface area contributed by atoms with Crippen LogP contribution in [0.5, 0.6) is 23.3 Å². The SMILES string of the molecule is CCCCn1c(O)c(C#N)c(C)c(N=Nc2cc([N+](=O)[O-])ccc2O)c1=O.[C-]#[N+]c1c(C)c(N=Nc2cc([N+](=O)[O-])ccc2O)c(=O)n(CCCC)c1O.[Co]. The molecule has 0 fully saturated rings. The number of benzene rings is 2. The standard InChI is InChI=1S/2C17H17N5O5.Co/c1-4-5-8-21-16(24)14(18-3)10(2)15(17(21)25)20-19-12-9-11(22(26)27)6-7-13(12)23;1-3-4-7-21-16(24)12(9-18)10(2)15(17(21)25)20-19-13-8-11(22(26)27)5-6-14(13)23;/h6-7,9,23-24H,4-5,8H2,1-2H3;5-6,8,23-24H,3-4,7H2,1-2H3;. The van der Waals surface area contributed by atoms with E-state index in [1.165, 1.54) is 13.8 Å². The molecule has 0 saturated heterocycles. The van der Waals surface area contributed by atoms with Crippen LogP contribution in [0.4, 0.5) is 39.8 Å². The molecular weight excluding hydrogens is 767 g/mol. The van der Waals surface area contributed by atoms with E-state index in [-0.39, 0.29) is 97.9 Å². The van der Waals surface area contributed by atoms with Gasteiger partial charge in [-0.15, -0.1) is 20.5 Å². The zero-order valence-corrected chi connectivity index (χ0v) is 30.8. The minimum Gasteiger partial charge on any atom is -0.506 e. The van der Waals surface area contributed by atoms with Crippen LogP contribution in [0.2, 0.25) is 0 Å². The van der Waals surface area contributed by atoms with Gasteiger partial charge < -0.3 is 20.4 Å². The van der Waals surface area contributed by atoms with Gasteiger partial charge in [0.2, 0.25) is 11.6 Å². The molecule has 21 heteroatoms. The van der Waals surface area contributed by atoms with Crippen LogP contribution >= 0.6 is 0 Å². The Morgan fingerprint density at radius 3 is 1.56 bits per heavy atom. The second kappa shape index (κ2) is 19.7. The number of phenolic OH excluding ortho intramolecular Hbond substituents is 2. The van der Waals surface area contributed by atoms with Gasteiger partial charge in [-0.25, -0.2) is 4.85 Å². The third-order valence-electron chi connectivity index (χ3n) is 7.83. The largest absolute Gasteiger partial charge is 0.506 e. The van der Waals surface area contributed by atoms with E-state index in [0.29, 0.717) is 12.8 Å². The summed E-state index contributed by atoms with van der Waals surface area (Å²) in [6, 6.07) is 8.25. The van der Waals surface area contributed by atoms with Gasteiger partial charge in [-0.2, -0.15) is 5.26 Å². The number of azo groups is 2. The summed E-state index contributed by atoms with van der Waals surface area (Å²) in [6.07, 6.45) is 2.74. The quantitative estimate of drug-likeness (QED) is 0.0463. The summed E-state index contributed by atoms with van der Waals surface area (Å²) in [7, 11) is 0. The molecule has 0 unspecified atom stereocenters. The molecule has 20 nitrogen and oxygen atoms in total. The second-order valence-electron chi connectivity index (χ2n) is 11.4. The number of pyridine rings is 2. The molecule has 0 bridgehead atoms. The Morgan fingerprint density at radius 2 is 1.18 bits per heavy atom. The second-order valence-corrected chi connectivity index (χ2v) is 11.4. The van der Waals surface area contributed by atoms with Gasteiger partial charge in [-0.1, -0.05) is 26.7 Å². The fraction of sp³-hybridized carbons (Fsp3) is 0.294. The maximum absolute atomic E-state index is 12.6. The van der Waals surface area contributed by atoms with Crippen LogP contribution < -0.4 is 11.1 Å². The number of nitriles is 1. The van der Waals surface area contributed by atoms with Crippen molar-refractivity contribution in [2.24, 2.45) is 20.5 Å². The number of unbranched alkanes of at least 4 members (excludes halogenated alkanes) is 2. The molecule has 2 aromatic carbocycles. The maximum atomic E-state index is 12.6. The van der Waals surface area contributed by atoms with Gasteiger partial charge in [0.15, 0.2) is 11.6 Å². The molecule has 0 atom stereocenters. The number of rotatable bonds is 12. The molecule has 0 aliphatic rings. The Bertz CT molecular complexity index is 2210. The Kier molecular flexibility index (Phi) is 15.9. The first-order valence-corrected chi connectivity index (χ1v) is 16.1. The smallest absolute Gasteiger partial charge is 0.281 e. The molecule has 4 rings (SSSR count). The summed E-state index contributed by atoms with van der Waals surface area (Å²) in [5.41, 5.74) is -2.62. The van der Waals surface area contributed by atoms with Gasteiger partial charge in [-0.3, -0.25) is 39.0 Å². The van der Waals surface area contributed by atoms with Crippen LogP contribution in [0.25, 0.3) is 4.85 Å². The summed E-state index contributed by atoms with van der Waals surface area (Å²) >= 11 is 0. The van der Waals surface area contributed by atoms with Crippen molar-refractivity contribution in [3.63, 3.8) is 0 Å². The first-order valence-electron chi connectivity index (χ1n) is 16.1. The molecule has 0 aliphatic carbocycles. The summed E-state index contributed by atoms with van der Waals surface area (Å²) in [5.74, 6) is -1.58. The molecular formula is C34H34CoN10O10. The molecule has 0 amide bonds. The van der Waals surface area contributed by atoms with E-state index < -0.39 is 32.7 Å². The minimum atomic E-state index is -0.657. The van der Waals surface area contributed by atoms with Crippen LogP contribution in [-0.2, 0) is 29.9 Å². The average Bonchev–Trinajstić information content (AvgIpc) is 3.13. The zero-order valence-electron chi connectivity index (χ0n) is 29.8. The number of phenols is 2. The van der Waals surface area contributed by atoms with E-state index in [1.54, 1.807) is 0 Å². The third-order valence-corrected chi connectivity index (χ3v) is 7.83. The van der Waals surface area contributed by atoms with Crippen LogP contribution in [0, 0.1) is 52.0 Å². The predicted molar refractivity (Wildman–Crippen MR) is 193 cm³/mol. The minimum absolute atomic E-state index is 0. The van der Waals surface area contributed by atoms with Crippen LogP contribution in [-0.4, -0.2) is 39.4 Å². The van der Waals surface area contributed by atoms with E-state index in [0.717, 1.165) is 58.4 Å². The summed E-state index contributed by atoms with van der Waals surface area (Å²) in [4.78, 5) is 48.9. The van der Waals surface area contributed by atoms with Crippen molar-refractivity contribution in [1.29, 1.82) is 5.26 Å². The Labute approximate surface area is 322 Å². The van der Waals surface area contributed by atoms with E-state index in [2.05, 4.69) is 25.3 Å². The Balaban J connectivity index is 0.000000373. The molecule has 55 heavy (non-hydrogen) atoms. The summed E-state index contributed by atoms with van der Waals surface area (Å²) < 4.78 is 2.09. The number of non-ortho nitro benzene ring substituents is 2. The number of nitro groups is 2. The molecule has 0 spiro atoms. The maximum Gasteiger partial charge on any atom is 0.281 e. The Hall–Kier alpha value is -6.97. The van der Waals surface area contributed by atoms with Crippen LogP contribution in [0.15, 0.2) is 66.4 Å². The van der Waals surface area contributed by atoms with Gasteiger partial charge in [0.25, 0.3) is 22.5 Å². The van der Waals surface area contributed by atoms with Gasteiger partial charge in [-0.05, 0) is 44.4 Å². The number of aromatic nitrogens is 2. The van der Waals surface area contributed by atoms with Gasteiger partial charge in [0.05, 0.1) is 16.4 Å². The van der Waals surface area contributed by atoms with Crippen molar-refractivity contribution in [3.8, 4) is 29.3 Å². The van der Waals surface area contributed by atoms with Crippen LogP contribution in [0.1, 0.15) is 56.2 Å². The molecule has 289 valence electrons. The van der Waals surface area contributed by atoms with Crippen molar-refractivity contribution in [2.75, 3.05) is 0 Å². The fourth-order valence-electron chi connectivity index (χ4n) is 4.77. The number of nitro benzene ring substituents is 2. The topological polar surface area (TPSA) is 289 Å². The van der Waals surface area contributed by atoms with Gasteiger partial charge in [0, 0.05) is 59.7 Å². The first-order chi connectivity index (χ1) is 25.6. The molecule has 2 aromatic heterocycles. The van der Waals surface area contributed by atoms with E-state index in [4.69, 9.17) is 6.57 Å². The summed E-state index contributed by atoms with van der Waals surface area (Å²) in [5, 5.41) is 86.0. The normalized spacial score (nSPS) is 10.7. The third kappa shape index (κ3) is 10.1. The van der Waals surface area contributed by atoms with Crippen molar-refractivity contribution >= 4 is 39.8 Å². The van der Waals surface area contributed by atoms with Crippen LogP contribution in [0.3, 0.4) is 0 Å². The van der Waals surface area contributed by atoms with Gasteiger partial charge >= 0.3 is 0 Å². The first kappa shape index (κ1) is 44.2. The molecule has 4 aromatic rings. The van der Waals surface area contributed by atoms with Crippen molar-refractivity contribution in [3.05, 3.63) is 105 Å². The number of aromatic hydroxyl groups is 4. The van der Waals surface area contributed by atoms with E-state index >= 15 is 0 Å². The molecule has 4 N–H and O–H groups in total. The molecule has 1 radical (unpaired) electrons. The fourth-order valence-corrected chi connectivity index (χ4v) is 4.77. The summed E-state index contributed by atoms with van der Waals surface area (Å²) in [6.45, 7) is 14.3. The van der Waals surface area contributed by atoms with Gasteiger partial charge in [0.1, 0.15) is 40.2 Å². The average molecular weight is 802 g/mol. The number of hydrogen-bond acceptors (Lipinski definition) is 15. The van der Waals surface area contributed by atoms with E-state index in [1.807, 2.05) is 19.9 Å². The Morgan fingerprint density at radius 1 is 0.764 bits per heavy atom. The van der Waals surface area contributed by atoms with E-state index in [9.17, 15) is 55.5 Å². The molecule has 2 heterocycles. The van der Waals surface area contributed by atoms with Crippen molar-refractivity contribution in [1.82, 2.24) is 9.13 Å². The number of hydrogen-bond donors (Lipinski definition) is 4.